The van der Waals surface area contributed by atoms with Crippen molar-refractivity contribution in [3.63, 3.8) is 0 Å². The largest absolute Gasteiger partial charge is 0.481 e. The predicted molar refractivity (Wildman–Crippen MR) is 74.1 cm³/mol. The Morgan fingerprint density at radius 1 is 1.26 bits per heavy atom. The molecule has 0 aliphatic heterocycles. The van der Waals surface area contributed by atoms with Crippen LogP contribution >= 0.6 is 11.3 Å². The van der Waals surface area contributed by atoms with E-state index in [0.717, 1.165) is 27.8 Å². The average molecular weight is 279 g/mol. The molecule has 5 nitrogen and oxygen atoms in total. The highest BCUT2D eigenvalue weighted by Crippen LogP contribution is 2.24. The van der Waals surface area contributed by atoms with Crippen LogP contribution in [0.3, 0.4) is 0 Å². The number of rotatable bonds is 4. The molecule has 2 aromatic rings. The van der Waals surface area contributed by atoms with Crippen LogP contribution in [-0.2, 0) is 11.2 Å². The van der Waals surface area contributed by atoms with E-state index in [2.05, 4.69) is 10.1 Å². The molecule has 2 aromatic heterocycles. The van der Waals surface area contributed by atoms with Crippen molar-refractivity contribution in [1.82, 2.24) is 14.8 Å². The number of hydrogen-bond acceptors (Lipinski definition) is 4. The minimum Gasteiger partial charge on any atom is -0.481 e. The first-order valence-corrected chi connectivity index (χ1v) is 6.93. The Hall–Kier alpha value is -1.69. The van der Waals surface area contributed by atoms with Gasteiger partial charge in [0.1, 0.15) is 0 Å². The van der Waals surface area contributed by atoms with E-state index in [-0.39, 0.29) is 6.42 Å². The molecule has 1 N–H and O–H groups in total. The van der Waals surface area contributed by atoms with E-state index in [1.54, 1.807) is 11.3 Å². The number of aryl methyl sites for hydroxylation is 3. The molecule has 102 valence electrons. The van der Waals surface area contributed by atoms with E-state index in [9.17, 15) is 4.79 Å². The molecule has 0 aliphatic rings. The van der Waals surface area contributed by atoms with Crippen molar-refractivity contribution < 1.29 is 9.90 Å². The first kappa shape index (κ1) is 13.7. The maximum atomic E-state index is 10.7. The molecular formula is C13H17N3O2S. The van der Waals surface area contributed by atoms with Crippen LogP contribution in [-0.4, -0.2) is 25.8 Å². The average Bonchev–Trinajstić information content (AvgIpc) is 2.79. The van der Waals surface area contributed by atoms with Gasteiger partial charge in [0.15, 0.2) is 0 Å². The molecule has 2 heterocycles. The Morgan fingerprint density at radius 2 is 1.95 bits per heavy atom. The summed E-state index contributed by atoms with van der Waals surface area (Å²) < 4.78 is 1.82. The summed E-state index contributed by atoms with van der Waals surface area (Å²) in [5.41, 5.74) is 3.88. The lowest BCUT2D eigenvalue weighted by Crippen LogP contribution is -2.01. The van der Waals surface area contributed by atoms with Crippen molar-refractivity contribution in [3.8, 4) is 5.13 Å². The van der Waals surface area contributed by atoms with E-state index in [4.69, 9.17) is 5.11 Å². The molecule has 6 heteroatoms. The van der Waals surface area contributed by atoms with Gasteiger partial charge in [0.2, 0.25) is 5.13 Å². The number of carboxylic acids is 1. The van der Waals surface area contributed by atoms with Crippen LogP contribution in [0.15, 0.2) is 0 Å². The van der Waals surface area contributed by atoms with Gasteiger partial charge >= 0.3 is 5.97 Å². The maximum Gasteiger partial charge on any atom is 0.303 e. The number of thiazole rings is 1. The Kier molecular flexibility index (Phi) is 3.71. The number of aliphatic carboxylic acids is 1. The van der Waals surface area contributed by atoms with Gasteiger partial charge in [-0.1, -0.05) is 11.3 Å². The Labute approximate surface area is 115 Å². The first-order valence-electron chi connectivity index (χ1n) is 6.11. The normalized spacial score (nSPS) is 10.9. The minimum absolute atomic E-state index is 0.128. The molecular weight excluding hydrogens is 262 g/mol. The van der Waals surface area contributed by atoms with Crippen molar-refractivity contribution in [2.75, 3.05) is 0 Å². The predicted octanol–water partition coefficient (Wildman–Crippen LogP) is 2.58. The van der Waals surface area contributed by atoms with Gasteiger partial charge in [0.05, 0.1) is 11.4 Å². The zero-order valence-corrected chi connectivity index (χ0v) is 12.3. The van der Waals surface area contributed by atoms with Crippen molar-refractivity contribution in [1.29, 1.82) is 0 Å². The van der Waals surface area contributed by atoms with E-state index in [1.807, 2.05) is 32.4 Å². The Balaban J connectivity index is 2.38. The van der Waals surface area contributed by atoms with Crippen LogP contribution in [0, 0.1) is 27.7 Å². The summed E-state index contributed by atoms with van der Waals surface area (Å²) in [6, 6.07) is 0. The number of aromatic nitrogens is 3. The highest BCUT2D eigenvalue weighted by atomic mass is 32.1. The molecule has 0 radical (unpaired) electrons. The molecule has 0 saturated carbocycles. The maximum absolute atomic E-state index is 10.7. The summed E-state index contributed by atoms with van der Waals surface area (Å²) in [5, 5.41) is 14.1. The van der Waals surface area contributed by atoms with Gasteiger partial charge in [-0.2, -0.15) is 5.10 Å². The lowest BCUT2D eigenvalue weighted by atomic mass is 10.1. The minimum atomic E-state index is -0.785. The van der Waals surface area contributed by atoms with Crippen molar-refractivity contribution in [2.45, 2.75) is 40.5 Å². The summed E-state index contributed by atoms with van der Waals surface area (Å²) in [7, 11) is 0. The zero-order valence-electron chi connectivity index (χ0n) is 11.5. The monoisotopic (exact) mass is 279 g/mol. The lowest BCUT2D eigenvalue weighted by molar-refractivity contribution is -0.136. The SMILES string of the molecule is Cc1nc(-n2nc(C)c(CCC(=O)O)c2C)sc1C. The fourth-order valence-corrected chi connectivity index (χ4v) is 2.92. The van der Waals surface area contributed by atoms with E-state index in [0.29, 0.717) is 6.42 Å². The Bertz CT molecular complexity index is 609. The fraction of sp³-hybridized carbons (Fsp3) is 0.462. The number of nitrogens with zero attached hydrogens (tertiary/aromatic N) is 3. The summed E-state index contributed by atoms with van der Waals surface area (Å²) >= 11 is 1.60. The number of carbonyl (C=O) groups is 1. The molecule has 0 aromatic carbocycles. The molecule has 0 saturated heterocycles. The molecule has 0 atom stereocenters. The smallest absolute Gasteiger partial charge is 0.303 e. The summed E-state index contributed by atoms with van der Waals surface area (Å²) in [6.07, 6.45) is 0.639. The number of carboxylic acid groups (broad SMARTS) is 1. The van der Waals surface area contributed by atoms with E-state index >= 15 is 0 Å². The molecule has 19 heavy (non-hydrogen) atoms. The second-order valence-electron chi connectivity index (χ2n) is 4.59. The molecule has 0 aliphatic carbocycles. The van der Waals surface area contributed by atoms with Gasteiger partial charge in [-0.15, -0.1) is 0 Å². The fourth-order valence-electron chi connectivity index (χ4n) is 2.00. The first-order chi connectivity index (χ1) is 8.90. The van der Waals surface area contributed by atoms with Crippen LogP contribution in [0.25, 0.3) is 5.13 Å². The van der Waals surface area contributed by atoms with Gasteiger partial charge < -0.3 is 5.11 Å². The van der Waals surface area contributed by atoms with E-state index in [1.165, 1.54) is 4.88 Å². The standard InChI is InChI=1S/C13H17N3O2S/c1-7-10(4)19-13(14-7)16-9(3)11(8(2)15-16)5-6-12(17)18/h5-6H2,1-4H3,(H,17,18). The summed E-state index contributed by atoms with van der Waals surface area (Å²) in [4.78, 5) is 16.4. The second kappa shape index (κ2) is 5.13. The quantitative estimate of drug-likeness (QED) is 0.934. The Morgan fingerprint density at radius 3 is 2.47 bits per heavy atom. The van der Waals surface area contributed by atoms with Crippen molar-refractivity contribution in [2.24, 2.45) is 0 Å². The van der Waals surface area contributed by atoms with Crippen molar-refractivity contribution in [3.05, 3.63) is 27.5 Å². The third-order valence-electron chi connectivity index (χ3n) is 3.23. The molecule has 0 amide bonds. The lowest BCUT2D eigenvalue weighted by Gasteiger charge is -2.01. The molecule has 0 unspecified atom stereocenters. The van der Waals surface area contributed by atoms with Gasteiger partial charge in [-0.05, 0) is 39.7 Å². The number of hydrogen-bond donors (Lipinski definition) is 1. The molecule has 0 spiro atoms. The third kappa shape index (κ3) is 2.68. The summed E-state index contributed by atoms with van der Waals surface area (Å²) in [6.45, 7) is 7.89. The van der Waals surface area contributed by atoms with Gasteiger partial charge in [0.25, 0.3) is 0 Å². The zero-order chi connectivity index (χ0) is 14.2. The third-order valence-corrected chi connectivity index (χ3v) is 4.28. The van der Waals surface area contributed by atoms with Gasteiger partial charge in [0, 0.05) is 17.0 Å². The van der Waals surface area contributed by atoms with E-state index < -0.39 is 5.97 Å². The van der Waals surface area contributed by atoms with Crippen LogP contribution in [0.2, 0.25) is 0 Å². The van der Waals surface area contributed by atoms with Crippen LogP contribution < -0.4 is 0 Å². The highest BCUT2D eigenvalue weighted by molar-refractivity contribution is 7.14. The molecule has 0 fully saturated rings. The van der Waals surface area contributed by atoms with Gasteiger partial charge in [-0.3, -0.25) is 4.79 Å². The second-order valence-corrected chi connectivity index (χ2v) is 5.77. The van der Waals surface area contributed by atoms with Gasteiger partial charge in [-0.25, -0.2) is 9.67 Å². The highest BCUT2D eigenvalue weighted by Gasteiger charge is 2.16. The summed E-state index contributed by atoms with van der Waals surface area (Å²) in [5.74, 6) is -0.785. The molecule has 2 rings (SSSR count). The van der Waals surface area contributed by atoms with Crippen LogP contribution in [0.1, 0.15) is 33.9 Å². The van der Waals surface area contributed by atoms with Crippen LogP contribution in [0.4, 0.5) is 0 Å². The molecule has 0 bridgehead atoms. The topological polar surface area (TPSA) is 68.0 Å². The van der Waals surface area contributed by atoms with Crippen molar-refractivity contribution >= 4 is 17.3 Å². The van der Waals surface area contributed by atoms with Crippen LogP contribution in [0.5, 0.6) is 0 Å².